The molecule has 1 saturated carbocycles. The number of para-hydroxylation sites is 1. The van der Waals surface area contributed by atoms with Crippen molar-refractivity contribution in [2.45, 2.75) is 44.6 Å². The Hall–Kier alpha value is -2.20. The topological polar surface area (TPSA) is 42.0 Å². The molecule has 4 rings (SSSR count). The quantitative estimate of drug-likeness (QED) is 0.516. The summed E-state index contributed by atoms with van der Waals surface area (Å²) in [4.78, 5) is 17.9. The van der Waals surface area contributed by atoms with Crippen LogP contribution in [0.3, 0.4) is 0 Å². The number of nitrogens with one attached hydrogen (secondary N) is 1. The minimum absolute atomic E-state index is 0.0109. The molecule has 0 unspecified atom stereocenters. The third-order valence-electron chi connectivity index (χ3n) is 5.27. The zero-order chi connectivity index (χ0) is 18.6. The molecule has 27 heavy (non-hydrogen) atoms. The van der Waals surface area contributed by atoms with E-state index in [4.69, 9.17) is 4.98 Å². The Balaban J connectivity index is 1.73. The lowest BCUT2D eigenvalue weighted by atomic mass is 10.0. The Morgan fingerprint density at radius 1 is 0.963 bits per heavy atom. The normalized spacial score (nSPS) is 15.4. The van der Waals surface area contributed by atoms with E-state index in [0.717, 1.165) is 39.5 Å². The molecule has 0 bridgehead atoms. The predicted molar refractivity (Wildman–Crippen MR) is 114 cm³/mol. The molecule has 4 heteroatoms. The highest BCUT2D eigenvalue weighted by Crippen LogP contribution is 2.27. The molecule has 138 valence electrons. The fraction of sp³-hybridized carbons (Fsp3) is 0.304. The number of hydrogen-bond donors (Lipinski definition) is 1. The number of pyridine rings is 1. The largest absolute Gasteiger partial charge is 0.349 e. The summed E-state index contributed by atoms with van der Waals surface area (Å²) in [6.07, 6.45) is 7.10. The molecule has 0 aliphatic heterocycles. The minimum atomic E-state index is 0.0109. The highest BCUT2D eigenvalue weighted by molar-refractivity contribution is 9.10. The van der Waals surface area contributed by atoms with Crippen LogP contribution in [0.1, 0.15) is 48.9 Å². The van der Waals surface area contributed by atoms with E-state index < -0.39 is 0 Å². The van der Waals surface area contributed by atoms with Crippen molar-refractivity contribution in [1.82, 2.24) is 10.3 Å². The van der Waals surface area contributed by atoms with Gasteiger partial charge in [0.25, 0.3) is 5.91 Å². The standard InChI is InChI=1S/C23H23BrN2O/c24-17-9-7-8-16(14-17)22-15-20(19-12-5-6-13-21(19)26-22)23(27)25-18-10-3-1-2-4-11-18/h5-9,12-15,18H,1-4,10-11H2,(H,25,27). The van der Waals surface area contributed by atoms with Gasteiger partial charge >= 0.3 is 0 Å². The van der Waals surface area contributed by atoms with Gasteiger partial charge in [0.15, 0.2) is 0 Å². The number of fused-ring (bicyclic) bond motifs is 1. The molecule has 0 saturated heterocycles. The van der Waals surface area contributed by atoms with Gasteiger partial charge in [0.1, 0.15) is 0 Å². The van der Waals surface area contributed by atoms with Crippen molar-refractivity contribution in [2.75, 3.05) is 0 Å². The molecule has 1 aliphatic rings. The van der Waals surface area contributed by atoms with Gasteiger partial charge < -0.3 is 5.32 Å². The number of aromatic nitrogens is 1. The summed E-state index contributed by atoms with van der Waals surface area (Å²) in [6, 6.07) is 18.1. The van der Waals surface area contributed by atoms with E-state index in [2.05, 4.69) is 21.2 Å². The molecule has 1 aromatic heterocycles. The van der Waals surface area contributed by atoms with Crippen molar-refractivity contribution in [3.05, 3.63) is 64.6 Å². The number of carbonyl (C=O) groups excluding carboxylic acids is 1. The minimum Gasteiger partial charge on any atom is -0.349 e. The molecule has 1 heterocycles. The fourth-order valence-corrected chi connectivity index (χ4v) is 4.25. The van der Waals surface area contributed by atoms with Crippen LogP contribution in [0.5, 0.6) is 0 Å². The summed E-state index contributed by atoms with van der Waals surface area (Å²) < 4.78 is 0.999. The number of halogens is 1. The predicted octanol–water partition coefficient (Wildman–Crippen LogP) is 6.12. The van der Waals surface area contributed by atoms with Crippen LogP contribution in [0, 0.1) is 0 Å². The lowest BCUT2D eigenvalue weighted by molar-refractivity contribution is 0.0935. The van der Waals surface area contributed by atoms with Crippen LogP contribution >= 0.6 is 15.9 Å². The first-order valence-electron chi connectivity index (χ1n) is 9.67. The second-order valence-electron chi connectivity index (χ2n) is 7.24. The van der Waals surface area contributed by atoms with Crippen molar-refractivity contribution in [3.8, 4) is 11.3 Å². The van der Waals surface area contributed by atoms with E-state index in [1.807, 2.05) is 54.6 Å². The molecule has 1 N–H and O–H groups in total. The summed E-state index contributed by atoms with van der Waals surface area (Å²) in [6.45, 7) is 0. The first kappa shape index (κ1) is 18.2. The number of hydrogen-bond acceptors (Lipinski definition) is 2. The number of carbonyl (C=O) groups is 1. The van der Waals surface area contributed by atoms with Gasteiger partial charge in [0, 0.05) is 21.5 Å². The van der Waals surface area contributed by atoms with Gasteiger partial charge in [-0.2, -0.15) is 0 Å². The molecule has 0 radical (unpaired) electrons. The van der Waals surface area contributed by atoms with Crippen LogP contribution in [0.25, 0.3) is 22.2 Å². The Morgan fingerprint density at radius 3 is 2.52 bits per heavy atom. The zero-order valence-corrected chi connectivity index (χ0v) is 16.8. The molecule has 3 aromatic rings. The second-order valence-corrected chi connectivity index (χ2v) is 8.16. The van der Waals surface area contributed by atoms with Gasteiger partial charge in [0.2, 0.25) is 0 Å². The lowest BCUT2D eigenvalue weighted by Gasteiger charge is -2.17. The number of amides is 1. The molecule has 0 atom stereocenters. The molecule has 1 amide bonds. The average Bonchev–Trinajstić information content (AvgIpc) is 2.95. The maximum absolute atomic E-state index is 13.1. The molecule has 1 aliphatic carbocycles. The van der Waals surface area contributed by atoms with Crippen LogP contribution in [0.2, 0.25) is 0 Å². The molecule has 2 aromatic carbocycles. The summed E-state index contributed by atoms with van der Waals surface area (Å²) in [5, 5.41) is 4.19. The van der Waals surface area contributed by atoms with E-state index in [1.165, 1.54) is 25.7 Å². The van der Waals surface area contributed by atoms with Crippen LogP contribution in [0.15, 0.2) is 59.1 Å². The van der Waals surface area contributed by atoms with Gasteiger partial charge in [0.05, 0.1) is 16.8 Å². The van der Waals surface area contributed by atoms with E-state index in [0.29, 0.717) is 5.56 Å². The first-order chi connectivity index (χ1) is 13.2. The third kappa shape index (κ3) is 4.22. The first-order valence-corrected chi connectivity index (χ1v) is 10.5. The van der Waals surface area contributed by atoms with E-state index in [9.17, 15) is 4.79 Å². The van der Waals surface area contributed by atoms with E-state index in [-0.39, 0.29) is 11.9 Å². The lowest BCUT2D eigenvalue weighted by Crippen LogP contribution is -2.34. The molecular weight excluding hydrogens is 400 g/mol. The Labute approximate surface area is 168 Å². The average molecular weight is 423 g/mol. The second kappa shape index (κ2) is 8.22. The van der Waals surface area contributed by atoms with Crippen LogP contribution in [-0.2, 0) is 0 Å². The van der Waals surface area contributed by atoms with Crippen molar-refractivity contribution in [2.24, 2.45) is 0 Å². The Bertz CT molecular complexity index is 962. The van der Waals surface area contributed by atoms with Crippen molar-refractivity contribution >= 4 is 32.7 Å². The summed E-state index contributed by atoms with van der Waals surface area (Å²) >= 11 is 3.52. The fourth-order valence-electron chi connectivity index (χ4n) is 3.85. The van der Waals surface area contributed by atoms with Gasteiger partial charge in [-0.15, -0.1) is 0 Å². The summed E-state index contributed by atoms with van der Waals surface area (Å²) in [5.41, 5.74) is 3.38. The van der Waals surface area contributed by atoms with Crippen molar-refractivity contribution < 1.29 is 4.79 Å². The molecular formula is C23H23BrN2O. The van der Waals surface area contributed by atoms with Gasteiger partial charge in [-0.05, 0) is 37.1 Å². The molecule has 0 spiro atoms. The number of benzene rings is 2. The Morgan fingerprint density at radius 2 is 1.74 bits per heavy atom. The van der Waals surface area contributed by atoms with Crippen LogP contribution < -0.4 is 5.32 Å². The smallest absolute Gasteiger partial charge is 0.252 e. The number of nitrogens with zero attached hydrogens (tertiary/aromatic N) is 1. The molecule has 3 nitrogen and oxygen atoms in total. The summed E-state index contributed by atoms with van der Waals surface area (Å²) in [5.74, 6) is 0.0109. The monoisotopic (exact) mass is 422 g/mol. The maximum atomic E-state index is 13.1. The Kier molecular flexibility index (Phi) is 5.53. The molecule has 1 fully saturated rings. The zero-order valence-electron chi connectivity index (χ0n) is 15.2. The van der Waals surface area contributed by atoms with E-state index in [1.54, 1.807) is 0 Å². The van der Waals surface area contributed by atoms with Gasteiger partial charge in [-0.1, -0.05) is 71.9 Å². The van der Waals surface area contributed by atoms with Crippen LogP contribution in [-0.4, -0.2) is 16.9 Å². The van der Waals surface area contributed by atoms with Gasteiger partial charge in [-0.25, -0.2) is 4.98 Å². The summed E-state index contributed by atoms with van der Waals surface area (Å²) in [7, 11) is 0. The van der Waals surface area contributed by atoms with Crippen LogP contribution in [0.4, 0.5) is 0 Å². The van der Waals surface area contributed by atoms with E-state index >= 15 is 0 Å². The van der Waals surface area contributed by atoms with Crippen molar-refractivity contribution in [3.63, 3.8) is 0 Å². The third-order valence-corrected chi connectivity index (χ3v) is 5.76. The van der Waals surface area contributed by atoms with Crippen molar-refractivity contribution in [1.29, 1.82) is 0 Å². The highest BCUT2D eigenvalue weighted by Gasteiger charge is 2.19. The number of rotatable bonds is 3. The SMILES string of the molecule is O=C(NC1CCCCCC1)c1cc(-c2cccc(Br)c2)nc2ccccc12. The highest BCUT2D eigenvalue weighted by atomic mass is 79.9. The van der Waals surface area contributed by atoms with Gasteiger partial charge in [-0.3, -0.25) is 4.79 Å². The maximum Gasteiger partial charge on any atom is 0.252 e.